The summed E-state index contributed by atoms with van der Waals surface area (Å²) in [6, 6.07) is 18.1. The lowest BCUT2D eigenvalue weighted by Gasteiger charge is -2.35. The fourth-order valence-electron chi connectivity index (χ4n) is 3.87. The third-order valence-corrected chi connectivity index (χ3v) is 5.53. The molecule has 2 aliphatic heterocycles. The van der Waals surface area contributed by atoms with Gasteiger partial charge in [0.05, 0.1) is 6.10 Å². The first kappa shape index (κ1) is 19.0. The maximum absolute atomic E-state index is 12.5. The van der Waals surface area contributed by atoms with Crippen LogP contribution in [0.25, 0.3) is 11.1 Å². The van der Waals surface area contributed by atoms with E-state index in [4.69, 9.17) is 9.47 Å². The zero-order valence-corrected chi connectivity index (χ0v) is 16.3. The molecule has 2 saturated heterocycles. The first-order valence-corrected chi connectivity index (χ1v) is 10.2. The van der Waals surface area contributed by atoms with Crippen LogP contribution < -0.4 is 4.74 Å². The van der Waals surface area contributed by atoms with Gasteiger partial charge in [-0.2, -0.15) is 0 Å². The summed E-state index contributed by atoms with van der Waals surface area (Å²) < 4.78 is 11.4. The maximum atomic E-state index is 12.5. The molecule has 2 fully saturated rings. The molecule has 4 rings (SSSR count). The van der Waals surface area contributed by atoms with E-state index in [1.165, 1.54) is 12.0 Å². The second kappa shape index (κ2) is 9.22. The molecular formula is C23H28N2O3. The highest BCUT2D eigenvalue weighted by Crippen LogP contribution is 2.22. The van der Waals surface area contributed by atoms with Gasteiger partial charge in [-0.3, -0.25) is 9.69 Å². The molecule has 1 atom stereocenters. The van der Waals surface area contributed by atoms with Crippen LogP contribution in [0.1, 0.15) is 12.8 Å². The SMILES string of the molecule is O=C(COc1ccc(-c2ccccc2)cc1)N1CCN(C[C@H]2CCCO2)CC1. The van der Waals surface area contributed by atoms with Crippen molar-refractivity contribution in [3.63, 3.8) is 0 Å². The third kappa shape index (κ3) is 4.91. The topological polar surface area (TPSA) is 42.0 Å². The summed E-state index contributed by atoms with van der Waals surface area (Å²) in [7, 11) is 0. The molecule has 5 nitrogen and oxygen atoms in total. The molecule has 2 heterocycles. The quantitative estimate of drug-likeness (QED) is 0.773. The van der Waals surface area contributed by atoms with Gasteiger partial charge in [-0.15, -0.1) is 0 Å². The summed E-state index contributed by atoms with van der Waals surface area (Å²) in [6.45, 7) is 5.34. The lowest BCUT2D eigenvalue weighted by molar-refractivity contribution is -0.135. The van der Waals surface area contributed by atoms with Crippen LogP contribution in [0.5, 0.6) is 5.75 Å². The standard InChI is InChI=1S/C23H28N2O3/c26-23(25-14-12-24(13-15-25)17-22-7-4-16-27-22)18-28-21-10-8-20(9-11-21)19-5-2-1-3-6-19/h1-3,5-6,8-11,22H,4,7,12-18H2/t22-/m1/s1. The lowest BCUT2D eigenvalue weighted by atomic mass is 10.1. The normalized spacial score (nSPS) is 20.3. The molecule has 2 aromatic carbocycles. The van der Waals surface area contributed by atoms with E-state index in [1.54, 1.807) is 0 Å². The Bertz CT molecular complexity index is 749. The van der Waals surface area contributed by atoms with Crippen LogP contribution in [0.4, 0.5) is 0 Å². The molecule has 0 saturated carbocycles. The Kier molecular flexibility index (Phi) is 6.24. The molecule has 0 spiro atoms. The van der Waals surface area contributed by atoms with Crippen LogP contribution in [0, 0.1) is 0 Å². The van der Waals surface area contributed by atoms with Gasteiger partial charge in [0, 0.05) is 39.3 Å². The second-order valence-electron chi connectivity index (χ2n) is 7.50. The molecule has 1 amide bonds. The van der Waals surface area contributed by atoms with Crippen molar-refractivity contribution in [3.05, 3.63) is 54.6 Å². The van der Waals surface area contributed by atoms with Gasteiger partial charge in [0.2, 0.25) is 0 Å². The number of carbonyl (C=O) groups is 1. The van der Waals surface area contributed by atoms with Gasteiger partial charge in [-0.1, -0.05) is 42.5 Å². The number of rotatable bonds is 6. The molecule has 0 N–H and O–H groups in total. The Morgan fingerprint density at radius 1 is 0.964 bits per heavy atom. The van der Waals surface area contributed by atoms with Crippen molar-refractivity contribution in [1.29, 1.82) is 0 Å². The summed E-state index contributed by atoms with van der Waals surface area (Å²) in [5, 5.41) is 0. The van der Waals surface area contributed by atoms with E-state index >= 15 is 0 Å². The number of hydrogen-bond donors (Lipinski definition) is 0. The molecule has 0 unspecified atom stereocenters. The Hall–Kier alpha value is -2.37. The van der Waals surface area contributed by atoms with E-state index in [0.717, 1.165) is 57.1 Å². The molecule has 5 heteroatoms. The summed E-state index contributed by atoms with van der Waals surface area (Å²) >= 11 is 0. The van der Waals surface area contributed by atoms with Crippen molar-refractivity contribution in [1.82, 2.24) is 9.80 Å². The number of amides is 1. The number of ether oxygens (including phenoxy) is 2. The van der Waals surface area contributed by atoms with Crippen molar-refractivity contribution in [2.75, 3.05) is 45.9 Å². The van der Waals surface area contributed by atoms with Crippen LogP contribution in [-0.2, 0) is 9.53 Å². The molecule has 2 aliphatic rings. The Morgan fingerprint density at radius 3 is 2.36 bits per heavy atom. The second-order valence-corrected chi connectivity index (χ2v) is 7.50. The first-order chi connectivity index (χ1) is 13.8. The van der Waals surface area contributed by atoms with Gasteiger partial charge in [-0.05, 0) is 36.1 Å². The molecule has 0 bridgehead atoms. The fourth-order valence-corrected chi connectivity index (χ4v) is 3.87. The summed E-state index contributed by atoms with van der Waals surface area (Å²) in [4.78, 5) is 16.8. The van der Waals surface area contributed by atoms with Crippen LogP contribution in [0.2, 0.25) is 0 Å². The number of carbonyl (C=O) groups excluding carboxylic acids is 1. The summed E-state index contributed by atoms with van der Waals surface area (Å²) in [5.74, 6) is 0.786. The molecule has 0 radical (unpaired) electrons. The minimum Gasteiger partial charge on any atom is -0.484 e. The largest absolute Gasteiger partial charge is 0.484 e. The van der Waals surface area contributed by atoms with Crippen LogP contribution in [0.15, 0.2) is 54.6 Å². The van der Waals surface area contributed by atoms with Crippen molar-refractivity contribution in [3.8, 4) is 16.9 Å². The van der Waals surface area contributed by atoms with E-state index < -0.39 is 0 Å². The van der Waals surface area contributed by atoms with E-state index in [-0.39, 0.29) is 12.5 Å². The average molecular weight is 380 g/mol. The van der Waals surface area contributed by atoms with E-state index in [2.05, 4.69) is 17.0 Å². The van der Waals surface area contributed by atoms with Gasteiger partial charge in [0.15, 0.2) is 6.61 Å². The lowest BCUT2D eigenvalue weighted by Crippen LogP contribution is -2.51. The number of hydrogen-bond acceptors (Lipinski definition) is 4. The first-order valence-electron chi connectivity index (χ1n) is 10.2. The van der Waals surface area contributed by atoms with Gasteiger partial charge in [-0.25, -0.2) is 0 Å². The molecule has 2 aromatic rings. The van der Waals surface area contributed by atoms with E-state index in [9.17, 15) is 4.79 Å². The van der Waals surface area contributed by atoms with Gasteiger partial charge >= 0.3 is 0 Å². The maximum Gasteiger partial charge on any atom is 0.260 e. The Morgan fingerprint density at radius 2 is 1.68 bits per heavy atom. The van der Waals surface area contributed by atoms with E-state index in [1.807, 2.05) is 47.4 Å². The summed E-state index contributed by atoms with van der Waals surface area (Å²) in [5.41, 5.74) is 2.31. The number of piperazine rings is 1. The smallest absolute Gasteiger partial charge is 0.260 e. The predicted octanol–water partition coefficient (Wildman–Crippen LogP) is 3.06. The number of nitrogens with zero attached hydrogens (tertiary/aromatic N) is 2. The average Bonchev–Trinajstić information content (AvgIpc) is 3.27. The highest BCUT2D eigenvalue weighted by molar-refractivity contribution is 5.78. The van der Waals surface area contributed by atoms with Crippen LogP contribution in [-0.4, -0.2) is 67.7 Å². The number of benzene rings is 2. The molecule has 0 aromatic heterocycles. The third-order valence-electron chi connectivity index (χ3n) is 5.53. The highest BCUT2D eigenvalue weighted by Gasteiger charge is 2.25. The zero-order valence-electron chi connectivity index (χ0n) is 16.3. The molecule has 28 heavy (non-hydrogen) atoms. The van der Waals surface area contributed by atoms with Crippen molar-refractivity contribution >= 4 is 5.91 Å². The molecule has 148 valence electrons. The molecular weight excluding hydrogens is 352 g/mol. The zero-order chi connectivity index (χ0) is 19.2. The monoisotopic (exact) mass is 380 g/mol. The van der Waals surface area contributed by atoms with Gasteiger partial charge < -0.3 is 14.4 Å². The Labute approximate surface area is 166 Å². The Balaban J connectivity index is 1.21. The van der Waals surface area contributed by atoms with E-state index in [0.29, 0.717) is 6.10 Å². The highest BCUT2D eigenvalue weighted by atomic mass is 16.5. The minimum absolute atomic E-state index is 0.0592. The minimum atomic E-state index is 0.0592. The van der Waals surface area contributed by atoms with Crippen LogP contribution in [0.3, 0.4) is 0 Å². The summed E-state index contributed by atoms with van der Waals surface area (Å²) in [6.07, 6.45) is 2.72. The predicted molar refractivity (Wildman–Crippen MR) is 109 cm³/mol. The van der Waals surface area contributed by atoms with Gasteiger partial charge in [0.25, 0.3) is 5.91 Å². The van der Waals surface area contributed by atoms with Crippen molar-refractivity contribution in [2.45, 2.75) is 18.9 Å². The van der Waals surface area contributed by atoms with Crippen LogP contribution >= 0.6 is 0 Å². The van der Waals surface area contributed by atoms with Gasteiger partial charge in [0.1, 0.15) is 5.75 Å². The van der Waals surface area contributed by atoms with Crippen molar-refractivity contribution in [2.24, 2.45) is 0 Å². The fraction of sp³-hybridized carbons (Fsp3) is 0.435. The van der Waals surface area contributed by atoms with Crippen molar-refractivity contribution < 1.29 is 14.3 Å². The molecule has 0 aliphatic carbocycles.